The number of rotatable bonds is 5. The van der Waals surface area contributed by atoms with Crippen LogP contribution in [0, 0.1) is 11.3 Å². The SMILES string of the molecule is CC(C)(C)OC(=O)N1CCN(C/C=C/CN2C(=O)N(c3ccc(C#N)c(C(F)(F)F)c3)C(=O)C2(C)C)C1=O. The largest absolute Gasteiger partial charge is 0.443 e. The molecule has 0 atom stereocenters. The van der Waals surface area contributed by atoms with Crippen LogP contribution in [0.25, 0.3) is 0 Å². The van der Waals surface area contributed by atoms with Crippen LogP contribution in [0.4, 0.5) is 33.2 Å². The fourth-order valence-electron chi connectivity index (χ4n) is 3.99. The minimum Gasteiger partial charge on any atom is -0.443 e. The molecule has 1 aromatic carbocycles. The number of anilines is 1. The number of amides is 6. The Balaban J connectivity index is 1.70. The summed E-state index contributed by atoms with van der Waals surface area (Å²) in [7, 11) is 0. The Morgan fingerprint density at radius 3 is 2.29 bits per heavy atom. The van der Waals surface area contributed by atoms with Crippen molar-refractivity contribution < 1.29 is 37.1 Å². The minimum absolute atomic E-state index is 0.0612. The predicted molar refractivity (Wildman–Crippen MR) is 129 cm³/mol. The molecule has 2 saturated heterocycles. The summed E-state index contributed by atoms with van der Waals surface area (Å²) in [4.78, 5) is 55.1. The molecule has 38 heavy (non-hydrogen) atoms. The molecule has 10 nitrogen and oxygen atoms in total. The van der Waals surface area contributed by atoms with Crippen molar-refractivity contribution in [1.29, 1.82) is 5.26 Å². The number of halogens is 3. The van der Waals surface area contributed by atoms with Crippen LogP contribution < -0.4 is 4.90 Å². The van der Waals surface area contributed by atoms with Gasteiger partial charge in [0.05, 0.1) is 29.4 Å². The average molecular weight is 536 g/mol. The highest BCUT2D eigenvalue weighted by Crippen LogP contribution is 2.37. The third-order valence-electron chi connectivity index (χ3n) is 6.00. The fourth-order valence-corrected chi connectivity index (χ4v) is 3.99. The molecule has 0 spiro atoms. The molecule has 2 heterocycles. The van der Waals surface area contributed by atoms with Crippen LogP contribution in [0.2, 0.25) is 0 Å². The second kappa shape index (κ2) is 10.00. The number of ether oxygens (including phenoxy) is 1. The second-order valence-electron chi connectivity index (χ2n) is 10.3. The molecule has 2 aliphatic heterocycles. The Morgan fingerprint density at radius 1 is 1.08 bits per heavy atom. The highest BCUT2D eigenvalue weighted by atomic mass is 19.4. The van der Waals surface area contributed by atoms with E-state index >= 15 is 0 Å². The summed E-state index contributed by atoms with van der Waals surface area (Å²) >= 11 is 0. The molecular formula is C25H28F3N5O5. The first-order valence-corrected chi connectivity index (χ1v) is 11.7. The fraction of sp³-hybridized carbons (Fsp3) is 0.480. The number of imide groups is 2. The topological polar surface area (TPSA) is 114 Å². The van der Waals surface area contributed by atoms with E-state index in [-0.39, 0.29) is 31.9 Å². The number of nitriles is 1. The lowest BCUT2D eigenvalue weighted by Gasteiger charge is -2.26. The molecule has 2 aliphatic rings. The Bertz CT molecular complexity index is 1230. The van der Waals surface area contributed by atoms with E-state index < -0.39 is 52.5 Å². The molecular weight excluding hydrogens is 507 g/mol. The number of nitrogens with zero attached hydrogens (tertiary/aromatic N) is 5. The van der Waals surface area contributed by atoms with Gasteiger partial charge in [0.25, 0.3) is 5.91 Å². The van der Waals surface area contributed by atoms with E-state index in [4.69, 9.17) is 10.00 Å². The summed E-state index contributed by atoms with van der Waals surface area (Å²) in [5.41, 5.74) is -4.29. The van der Waals surface area contributed by atoms with Crippen LogP contribution in [0.5, 0.6) is 0 Å². The van der Waals surface area contributed by atoms with Gasteiger partial charge >= 0.3 is 24.3 Å². The normalized spacial score (nSPS) is 18.1. The number of carbonyl (C=O) groups is 4. The molecule has 0 aliphatic carbocycles. The molecule has 0 bridgehead atoms. The van der Waals surface area contributed by atoms with Crippen LogP contribution in [-0.4, -0.2) is 76.1 Å². The van der Waals surface area contributed by atoms with Gasteiger partial charge in [0.2, 0.25) is 0 Å². The zero-order valence-electron chi connectivity index (χ0n) is 21.6. The number of benzene rings is 1. The summed E-state index contributed by atoms with van der Waals surface area (Å²) < 4.78 is 45.5. The second-order valence-corrected chi connectivity index (χ2v) is 10.3. The van der Waals surface area contributed by atoms with Gasteiger partial charge in [-0.3, -0.25) is 4.79 Å². The average Bonchev–Trinajstić information content (AvgIpc) is 3.24. The number of hydrogen-bond acceptors (Lipinski definition) is 6. The summed E-state index contributed by atoms with van der Waals surface area (Å²) in [6.07, 6.45) is -2.44. The van der Waals surface area contributed by atoms with E-state index in [2.05, 4.69) is 0 Å². The van der Waals surface area contributed by atoms with Gasteiger partial charge in [-0.1, -0.05) is 12.2 Å². The Labute approximate surface area is 217 Å². The number of urea groups is 2. The molecule has 3 rings (SSSR count). The van der Waals surface area contributed by atoms with Gasteiger partial charge in [0, 0.05) is 19.6 Å². The van der Waals surface area contributed by atoms with E-state index in [1.165, 1.54) is 29.7 Å². The molecule has 0 unspecified atom stereocenters. The van der Waals surface area contributed by atoms with Crippen molar-refractivity contribution >= 4 is 29.8 Å². The Hall–Kier alpha value is -4.08. The van der Waals surface area contributed by atoms with Crippen LogP contribution in [0.15, 0.2) is 30.4 Å². The summed E-state index contributed by atoms with van der Waals surface area (Å²) in [6, 6.07) is 2.76. The van der Waals surface area contributed by atoms with Gasteiger partial charge in [-0.15, -0.1) is 0 Å². The molecule has 0 N–H and O–H groups in total. The lowest BCUT2D eigenvalue weighted by Crippen LogP contribution is -2.44. The molecule has 2 fully saturated rings. The van der Waals surface area contributed by atoms with E-state index in [0.29, 0.717) is 11.0 Å². The third-order valence-corrected chi connectivity index (χ3v) is 6.00. The van der Waals surface area contributed by atoms with Gasteiger partial charge in [0.1, 0.15) is 11.1 Å². The van der Waals surface area contributed by atoms with Gasteiger partial charge in [-0.05, 0) is 52.8 Å². The van der Waals surface area contributed by atoms with Crippen molar-refractivity contribution in [3.63, 3.8) is 0 Å². The monoisotopic (exact) mass is 535 g/mol. The highest BCUT2D eigenvalue weighted by Gasteiger charge is 2.51. The van der Waals surface area contributed by atoms with Gasteiger partial charge in [-0.2, -0.15) is 18.4 Å². The third kappa shape index (κ3) is 5.58. The van der Waals surface area contributed by atoms with Gasteiger partial charge in [-0.25, -0.2) is 24.2 Å². The number of hydrogen-bond donors (Lipinski definition) is 0. The summed E-state index contributed by atoms with van der Waals surface area (Å²) in [6.45, 7) is 8.52. The molecule has 204 valence electrons. The Morgan fingerprint density at radius 2 is 1.71 bits per heavy atom. The molecule has 6 amide bonds. The van der Waals surface area contributed by atoms with Crippen molar-refractivity contribution in [2.24, 2.45) is 0 Å². The molecule has 0 aromatic heterocycles. The summed E-state index contributed by atoms with van der Waals surface area (Å²) in [5.74, 6) is -0.726. The van der Waals surface area contributed by atoms with Gasteiger partial charge < -0.3 is 14.5 Å². The zero-order valence-corrected chi connectivity index (χ0v) is 21.6. The number of alkyl halides is 3. The maximum absolute atomic E-state index is 13.4. The molecule has 0 radical (unpaired) electrons. The van der Waals surface area contributed by atoms with Crippen molar-refractivity contribution in [3.8, 4) is 6.07 Å². The maximum atomic E-state index is 13.4. The van der Waals surface area contributed by atoms with Gasteiger partial charge in [0.15, 0.2) is 0 Å². The lowest BCUT2D eigenvalue weighted by atomic mass is 10.0. The Kier molecular flexibility index (Phi) is 7.50. The van der Waals surface area contributed by atoms with Crippen molar-refractivity contribution in [3.05, 3.63) is 41.5 Å². The molecule has 1 aromatic rings. The highest BCUT2D eigenvalue weighted by molar-refractivity contribution is 6.23. The summed E-state index contributed by atoms with van der Waals surface area (Å²) in [5, 5.41) is 9.01. The van der Waals surface area contributed by atoms with E-state index in [1.54, 1.807) is 32.9 Å². The van der Waals surface area contributed by atoms with Crippen molar-refractivity contribution in [2.75, 3.05) is 31.1 Å². The lowest BCUT2D eigenvalue weighted by molar-refractivity contribution is -0.137. The standard InChI is InChI=1S/C25H28F3N5O5/c1-23(2,3)38-22(37)31-13-12-30(20(31)35)10-6-7-11-32-21(36)33(19(34)24(32,4)5)17-9-8-16(15-29)18(14-17)25(26,27)28/h6-9,14H,10-13H2,1-5H3/b7-6+. The maximum Gasteiger partial charge on any atom is 0.418 e. The van der Waals surface area contributed by atoms with Crippen molar-refractivity contribution in [1.82, 2.24) is 14.7 Å². The quantitative estimate of drug-likeness (QED) is 0.409. The smallest absolute Gasteiger partial charge is 0.418 e. The van der Waals surface area contributed by atoms with Crippen LogP contribution in [0.1, 0.15) is 45.7 Å². The first-order valence-electron chi connectivity index (χ1n) is 11.7. The first kappa shape index (κ1) is 28.5. The van der Waals surface area contributed by atoms with Crippen LogP contribution >= 0.6 is 0 Å². The van der Waals surface area contributed by atoms with E-state index in [0.717, 1.165) is 17.0 Å². The number of carbonyl (C=O) groups excluding carboxylic acids is 4. The van der Waals surface area contributed by atoms with Crippen LogP contribution in [-0.2, 0) is 15.7 Å². The van der Waals surface area contributed by atoms with E-state index in [1.807, 2.05) is 0 Å². The minimum atomic E-state index is -4.85. The van der Waals surface area contributed by atoms with Crippen LogP contribution in [0.3, 0.4) is 0 Å². The zero-order chi connectivity index (χ0) is 28.6. The first-order chi connectivity index (χ1) is 17.5. The predicted octanol–water partition coefficient (Wildman–Crippen LogP) is 4.35. The van der Waals surface area contributed by atoms with E-state index in [9.17, 15) is 32.3 Å². The molecule has 0 saturated carbocycles. The molecule has 13 heteroatoms. The van der Waals surface area contributed by atoms with Crippen molar-refractivity contribution in [2.45, 2.75) is 51.9 Å².